The summed E-state index contributed by atoms with van der Waals surface area (Å²) in [6, 6.07) is 11.5. The zero-order chi connectivity index (χ0) is 20.1. The van der Waals surface area contributed by atoms with Crippen LogP contribution in [0.15, 0.2) is 48.7 Å². The van der Waals surface area contributed by atoms with Crippen molar-refractivity contribution in [2.24, 2.45) is 0 Å². The Labute approximate surface area is 164 Å². The van der Waals surface area contributed by atoms with Crippen LogP contribution < -0.4 is 4.57 Å². The lowest BCUT2D eigenvalue weighted by atomic mass is 9.84. The standard InChI is InChI=1S/C24H25F2N2/c1-5-24(6-2)20-13-18(26)11-12-19(20)23-22(16-7-9-17(25)10-8-16)27-21(15(3)4)14-28(23)24/h7-15H,5-6H2,1-4H3/q+1. The molecule has 0 spiro atoms. The van der Waals surface area contributed by atoms with Crippen LogP contribution in [-0.4, -0.2) is 4.98 Å². The molecule has 1 aliphatic rings. The van der Waals surface area contributed by atoms with E-state index in [1.54, 1.807) is 18.2 Å². The third-order valence-corrected chi connectivity index (χ3v) is 6.05. The maximum absolute atomic E-state index is 14.2. The van der Waals surface area contributed by atoms with Crippen LogP contribution in [0.3, 0.4) is 0 Å². The fourth-order valence-corrected chi connectivity index (χ4v) is 4.41. The second kappa shape index (κ2) is 6.77. The molecule has 1 aliphatic heterocycles. The van der Waals surface area contributed by atoms with E-state index < -0.39 is 0 Å². The average Bonchev–Trinajstić information content (AvgIpc) is 2.97. The molecule has 3 aromatic rings. The average molecular weight is 379 g/mol. The van der Waals surface area contributed by atoms with E-state index in [1.807, 2.05) is 6.07 Å². The van der Waals surface area contributed by atoms with E-state index in [0.29, 0.717) is 0 Å². The van der Waals surface area contributed by atoms with Crippen molar-refractivity contribution in [1.29, 1.82) is 0 Å². The monoisotopic (exact) mass is 379 g/mol. The van der Waals surface area contributed by atoms with Gasteiger partial charge in [0.05, 0.1) is 5.56 Å². The van der Waals surface area contributed by atoms with E-state index in [4.69, 9.17) is 4.98 Å². The molecule has 0 saturated heterocycles. The molecule has 144 valence electrons. The highest BCUT2D eigenvalue weighted by Gasteiger charge is 2.50. The number of nitrogens with zero attached hydrogens (tertiary/aromatic N) is 2. The molecule has 2 aromatic carbocycles. The van der Waals surface area contributed by atoms with Crippen LogP contribution in [0.2, 0.25) is 0 Å². The van der Waals surface area contributed by atoms with Gasteiger partial charge in [-0.15, -0.1) is 0 Å². The number of halogens is 2. The molecule has 1 aromatic heterocycles. The van der Waals surface area contributed by atoms with Gasteiger partial charge in [0.1, 0.15) is 23.0 Å². The summed E-state index contributed by atoms with van der Waals surface area (Å²) in [6.45, 7) is 8.52. The number of benzene rings is 2. The van der Waals surface area contributed by atoms with Crippen molar-refractivity contribution in [2.75, 3.05) is 0 Å². The Kier molecular flexibility index (Phi) is 4.53. The molecule has 0 amide bonds. The van der Waals surface area contributed by atoms with E-state index in [2.05, 4.69) is 38.5 Å². The third kappa shape index (κ3) is 2.66. The van der Waals surface area contributed by atoms with Crippen molar-refractivity contribution in [2.45, 2.75) is 52.0 Å². The van der Waals surface area contributed by atoms with Gasteiger partial charge in [0.25, 0.3) is 0 Å². The van der Waals surface area contributed by atoms with Crippen molar-refractivity contribution in [3.8, 4) is 22.5 Å². The van der Waals surface area contributed by atoms with Crippen molar-refractivity contribution in [1.82, 2.24) is 4.98 Å². The molecule has 0 unspecified atom stereocenters. The summed E-state index contributed by atoms with van der Waals surface area (Å²) in [5.74, 6) is -0.255. The van der Waals surface area contributed by atoms with Gasteiger partial charge in [-0.3, -0.25) is 0 Å². The van der Waals surface area contributed by atoms with Gasteiger partial charge in [-0.2, -0.15) is 4.57 Å². The molecule has 4 heteroatoms. The molecule has 2 heterocycles. The highest BCUT2D eigenvalue weighted by Crippen LogP contribution is 2.45. The summed E-state index contributed by atoms with van der Waals surface area (Å²) < 4.78 is 30.0. The lowest BCUT2D eigenvalue weighted by Crippen LogP contribution is -2.54. The SMILES string of the molecule is CCC1(CC)c2cc(F)ccc2-c2c(-c3ccc(F)cc3)nc(C(C)C)c[n+]21. The van der Waals surface area contributed by atoms with Crippen molar-refractivity contribution < 1.29 is 13.3 Å². The Morgan fingerprint density at radius 2 is 1.61 bits per heavy atom. The van der Waals surface area contributed by atoms with E-state index in [1.165, 1.54) is 18.2 Å². The van der Waals surface area contributed by atoms with Crippen LogP contribution in [0.4, 0.5) is 8.78 Å². The zero-order valence-electron chi connectivity index (χ0n) is 16.8. The first-order valence-electron chi connectivity index (χ1n) is 9.94. The van der Waals surface area contributed by atoms with E-state index in [-0.39, 0.29) is 23.1 Å². The van der Waals surface area contributed by atoms with Crippen LogP contribution in [0.5, 0.6) is 0 Å². The second-order valence-electron chi connectivity index (χ2n) is 7.82. The topological polar surface area (TPSA) is 16.8 Å². The molecule has 0 fully saturated rings. The predicted octanol–water partition coefficient (Wildman–Crippen LogP) is 5.98. The third-order valence-electron chi connectivity index (χ3n) is 6.05. The Balaban J connectivity index is 2.12. The summed E-state index contributed by atoms with van der Waals surface area (Å²) in [5.41, 5.74) is 5.34. The molecule has 0 bridgehead atoms. The van der Waals surface area contributed by atoms with Crippen LogP contribution in [0.25, 0.3) is 22.5 Å². The molecule has 0 atom stereocenters. The number of fused-ring (bicyclic) bond motifs is 3. The number of aromatic nitrogens is 2. The lowest BCUT2D eigenvalue weighted by Gasteiger charge is -2.23. The second-order valence-corrected chi connectivity index (χ2v) is 7.82. The molecular formula is C24H25F2N2+. The fourth-order valence-electron chi connectivity index (χ4n) is 4.41. The molecule has 28 heavy (non-hydrogen) atoms. The van der Waals surface area contributed by atoms with Gasteiger partial charge >= 0.3 is 0 Å². The first kappa shape index (κ1) is 18.7. The van der Waals surface area contributed by atoms with Crippen LogP contribution in [0.1, 0.15) is 57.7 Å². The Morgan fingerprint density at radius 1 is 0.964 bits per heavy atom. The van der Waals surface area contributed by atoms with Crippen molar-refractivity contribution in [3.05, 3.63) is 71.6 Å². The van der Waals surface area contributed by atoms with E-state index in [0.717, 1.165) is 46.6 Å². The molecule has 0 N–H and O–H groups in total. The Bertz CT molecular complexity index is 1040. The maximum atomic E-state index is 14.2. The minimum Gasteiger partial charge on any atom is -0.239 e. The smallest absolute Gasteiger partial charge is 0.239 e. The predicted molar refractivity (Wildman–Crippen MR) is 107 cm³/mol. The lowest BCUT2D eigenvalue weighted by molar-refractivity contribution is -0.740. The van der Waals surface area contributed by atoms with E-state index >= 15 is 0 Å². The normalized spacial score (nSPS) is 14.2. The highest BCUT2D eigenvalue weighted by molar-refractivity contribution is 5.79. The molecular weight excluding hydrogens is 354 g/mol. The summed E-state index contributed by atoms with van der Waals surface area (Å²) in [6.07, 6.45) is 3.82. The van der Waals surface area contributed by atoms with Crippen LogP contribution >= 0.6 is 0 Å². The van der Waals surface area contributed by atoms with Crippen molar-refractivity contribution >= 4 is 0 Å². The quantitative estimate of drug-likeness (QED) is 0.510. The molecule has 0 radical (unpaired) electrons. The minimum absolute atomic E-state index is 0.223. The largest absolute Gasteiger partial charge is 0.240 e. The van der Waals surface area contributed by atoms with Gasteiger partial charge in [-0.1, -0.05) is 27.7 Å². The molecule has 0 saturated carbocycles. The van der Waals surface area contributed by atoms with Gasteiger partial charge in [0, 0.05) is 29.9 Å². The Morgan fingerprint density at radius 3 is 2.21 bits per heavy atom. The van der Waals surface area contributed by atoms with Gasteiger partial charge in [0.15, 0.2) is 11.7 Å². The number of hydrogen-bond donors (Lipinski definition) is 0. The first-order valence-corrected chi connectivity index (χ1v) is 9.94. The van der Waals surface area contributed by atoms with E-state index in [9.17, 15) is 8.78 Å². The fraction of sp³-hybridized carbons (Fsp3) is 0.333. The summed E-state index contributed by atoms with van der Waals surface area (Å²) in [5, 5.41) is 0. The molecule has 2 nitrogen and oxygen atoms in total. The van der Waals surface area contributed by atoms with Gasteiger partial charge in [-0.25, -0.2) is 13.8 Å². The van der Waals surface area contributed by atoms with Gasteiger partial charge in [-0.05, 0) is 42.5 Å². The van der Waals surface area contributed by atoms with Gasteiger partial charge < -0.3 is 0 Å². The number of rotatable bonds is 4. The summed E-state index contributed by atoms with van der Waals surface area (Å²) in [7, 11) is 0. The van der Waals surface area contributed by atoms with Crippen LogP contribution in [0, 0.1) is 11.6 Å². The summed E-state index contributed by atoms with van der Waals surface area (Å²) >= 11 is 0. The highest BCUT2D eigenvalue weighted by atomic mass is 19.1. The van der Waals surface area contributed by atoms with Gasteiger partial charge in [0.2, 0.25) is 5.69 Å². The zero-order valence-corrected chi connectivity index (χ0v) is 16.8. The number of hydrogen-bond acceptors (Lipinski definition) is 1. The minimum atomic E-state index is -0.311. The maximum Gasteiger partial charge on any atom is 0.240 e. The van der Waals surface area contributed by atoms with Crippen LogP contribution in [-0.2, 0) is 5.54 Å². The molecule has 4 rings (SSSR count). The first-order chi connectivity index (χ1) is 13.4. The summed E-state index contributed by atoms with van der Waals surface area (Å²) in [4.78, 5) is 4.96. The molecule has 0 aliphatic carbocycles. The Hall–Kier alpha value is -2.62. The van der Waals surface area contributed by atoms with Crippen molar-refractivity contribution in [3.63, 3.8) is 0 Å².